The van der Waals surface area contributed by atoms with E-state index in [9.17, 15) is 23.7 Å². The zero-order valence-electron chi connectivity index (χ0n) is 11.4. The van der Waals surface area contributed by atoms with Crippen LogP contribution in [-0.2, 0) is 4.79 Å². The third kappa shape index (κ3) is 4.36. The summed E-state index contributed by atoms with van der Waals surface area (Å²) < 4.78 is 31.5. The second-order valence-corrected chi connectivity index (χ2v) is 4.74. The van der Waals surface area contributed by atoms with Gasteiger partial charge in [0.1, 0.15) is 17.4 Å². The molecule has 2 aromatic carbocycles. The van der Waals surface area contributed by atoms with Crippen LogP contribution in [0.3, 0.4) is 0 Å². The summed E-state index contributed by atoms with van der Waals surface area (Å²) in [6.45, 7) is -0.534. The van der Waals surface area contributed by atoms with Crippen molar-refractivity contribution in [2.45, 2.75) is 0 Å². The number of ether oxygens (including phenoxy) is 1. The van der Waals surface area contributed by atoms with Crippen LogP contribution in [0.25, 0.3) is 0 Å². The minimum absolute atomic E-state index is 0.0284. The van der Waals surface area contributed by atoms with E-state index in [1.165, 1.54) is 6.07 Å². The first-order valence-corrected chi connectivity index (χ1v) is 6.56. The zero-order valence-corrected chi connectivity index (χ0v) is 12.1. The summed E-state index contributed by atoms with van der Waals surface area (Å²) in [7, 11) is 0. The second kappa shape index (κ2) is 7.01. The fourth-order valence-electron chi connectivity index (χ4n) is 1.64. The molecule has 0 fully saturated rings. The average molecular weight is 343 g/mol. The van der Waals surface area contributed by atoms with Crippen LogP contribution in [0.2, 0.25) is 5.02 Å². The van der Waals surface area contributed by atoms with Gasteiger partial charge >= 0.3 is 0 Å². The first kappa shape index (κ1) is 16.6. The van der Waals surface area contributed by atoms with E-state index in [1.54, 1.807) is 0 Å². The third-order valence-corrected chi connectivity index (χ3v) is 2.98. The van der Waals surface area contributed by atoms with Gasteiger partial charge in [0.15, 0.2) is 6.61 Å². The number of benzene rings is 2. The quantitative estimate of drug-likeness (QED) is 0.665. The van der Waals surface area contributed by atoms with Gasteiger partial charge in [-0.3, -0.25) is 14.9 Å². The maximum absolute atomic E-state index is 13.5. The van der Waals surface area contributed by atoms with E-state index in [0.717, 1.165) is 30.3 Å². The summed E-state index contributed by atoms with van der Waals surface area (Å²) in [6.07, 6.45) is 0. The van der Waals surface area contributed by atoms with Crippen molar-refractivity contribution in [1.82, 2.24) is 0 Å². The van der Waals surface area contributed by atoms with Gasteiger partial charge in [-0.15, -0.1) is 0 Å². The van der Waals surface area contributed by atoms with Gasteiger partial charge in [-0.2, -0.15) is 0 Å². The molecule has 0 spiro atoms. The van der Waals surface area contributed by atoms with Gasteiger partial charge in [0.05, 0.1) is 15.6 Å². The van der Waals surface area contributed by atoms with Crippen molar-refractivity contribution in [3.05, 3.63) is 63.2 Å². The summed E-state index contributed by atoms with van der Waals surface area (Å²) in [5, 5.41) is 12.7. The number of hydrogen-bond donors (Lipinski definition) is 1. The molecule has 2 aromatic rings. The second-order valence-electron chi connectivity index (χ2n) is 4.33. The van der Waals surface area contributed by atoms with Crippen molar-refractivity contribution in [2.75, 3.05) is 11.9 Å². The van der Waals surface area contributed by atoms with Crippen LogP contribution in [0.5, 0.6) is 5.75 Å². The van der Waals surface area contributed by atoms with Crippen molar-refractivity contribution < 1.29 is 23.2 Å². The Morgan fingerprint density at radius 1 is 1.26 bits per heavy atom. The molecule has 2 rings (SSSR count). The summed E-state index contributed by atoms with van der Waals surface area (Å²) in [6, 6.07) is 6.07. The number of nitro groups is 1. The fraction of sp³-hybridized carbons (Fsp3) is 0.0714. The Kier molecular flexibility index (Phi) is 5.07. The Labute approximate surface area is 133 Å². The van der Waals surface area contributed by atoms with Gasteiger partial charge in [-0.25, -0.2) is 8.78 Å². The van der Waals surface area contributed by atoms with Crippen molar-refractivity contribution in [3.8, 4) is 5.75 Å². The number of non-ortho nitro benzene ring substituents is 1. The lowest BCUT2D eigenvalue weighted by Gasteiger charge is -2.09. The summed E-state index contributed by atoms with van der Waals surface area (Å²) in [5.74, 6) is -2.08. The lowest BCUT2D eigenvalue weighted by atomic mass is 10.2. The number of anilines is 1. The minimum Gasteiger partial charge on any atom is -0.482 e. The molecule has 1 amide bonds. The van der Waals surface area contributed by atoms with E-state index in [2.05, 4.69) is 5.32 Å². The van der Waals surface area contributed by atoms with Gasteiger partial charge in [0, 0.05) is 12.1 Å². The fourth-order valence-corrected chi connectivity index (χ4v) is 1.87. The molecule has 0 aromatic heterocycles. The highest BCUT2D eigenvalue weighted by Crippen LogP contribution is 2.25. The van der Waals surface area contributed by atoms with Gasteiger partial charge in [-0.05, 0) is 24.3 Å². The van der Waals surface area contributed by atoms with Gasteiger partial charge in [0.25, 0.3) is 11.6 Å². The predicted molar refractivity (Wildman–Crippen MR) is 78.6 cm³/mol. The molecule has 0 unspecified atom stereocenters. The molecule has 0 heterocycles. The summed E-state index contributed by atoms with van der Waals surface area (Å²) in [5.41, 5.74) is -0.720. The molecular formula is C14H9ClF2N2O4. The van der Waals surface area contributed by atoms with E-state index in [4.69, 9.17) is 16.3 Å². The summed E-state index contributed by atoms with van der Waals surface area (Å²) in [4.78, 5) is 21.6. The summed E-state index contributed by atoms with van der Waals surface area (Å²) >= 11 is 5.72. The maximum Gasteiger partial charge on any atom is 0.271 e. The van der Waals surface area contributed by atoms with Gasteiger partial charge in [-0.1, -0.05) is 11.6 Å². The number of rotatable bonds is 5. The van der Waals surface area contributed by atoms with E-state index in [0.29, 0.717) is 0 Å². The van der Waals surface area contributed by atoms with E-state index < -0.39 is 29.1 Å². The highest BCUT2D eigenvalue weighted by molar-refractivity contribution is 6.32. The van der Waals surface area contributed by atoms with Crippen LogP contribution in [0.15, 0.2) is 36.4 Å². The van der Waals surface area contributed by atoms with E-state index in [-0.39, 0.29) is 22.1 Å². The molecule has 6 nitrogen and oxygen atoms in total. The standard InChI is InChI=1S/C14H9ClF2N2O4/c15-10-5-8(16)1-4-13(10)23-7-14(20)18-12-6-9(19(21)22)2-3-11(12)17/h1-6H,7H2,(H,18,20). The number of carbonyl (C=O) groups is 1. The number of amides is 1. The van der Waals surface area contributed by atoms with Crippen LogP contribution >= 0.6 is 11.6 Å². The van der Waals surface area contributed by atoms with Crippen molar-refractivity contribution in [2.24, 2.45) is 0 Å². The molecule has 120 valence electrons. The van der Waals surface area contributed by atoms with Gasteiger partial charge in [0.2, 0.25) is 0 Å². The minimum atomic E-state index is -0.830. The third-order valence-electron chi connectivity index (χ3n) is 2.69. The number of carbonyl (C=O) groups excluding carboxylic acids is 1. The Morgan fingerprint density at radius 3 is 2.65 bits per heavy atom. The van der Waals surface area contributed by atoms with Crippen molar-refractivity contribution >= 4 is 28.9 Å². The molecule has 0 saturated heterocycles. The number of nitrogens with one attached hydrogen (secondary N) is 1. The molecule has 23 heavy (non-hydrogen) atoms. The lowest BCUT2D eigenvalue weighted by molar-refractivity contribution is -0.384. The molecule has 0 aliphatic carbocycles. The number of hydrogen-bond acceptors (Lipinski definition) is 4. The largest absolute Gasteiger partial charge is 0.482 e. The highest BCUT2D eigenvalue weighted by Gasteiger charge is 2.14. The molecule has 0 radical (unpaired) electrons. The number of nitro benzene ring substituents is 1. The smallest absolute Gasteiger partial charge is 0.271 e. The predicted octanol–water partition coefficient (Wildman–Crippen LogP) is 3.54. The van der Waals surface area contributed by atoms with Crippen LogP contribution in [0, 0.1) is 21.7 Å². The monoisotopic (exact) mass is 342 g/mol. The lowest BCUT2D eigenvalue weighted by Crippen LogP contribution is -2.21. The Morgan fingerprint density at radius 2 is 2.00 bits per heavy atom. The topological polar surface area (TPSA) is 81.5 Å². The molecule has 0 bridgehead atoms. The van der Waals surface area contributed by atoms with Crippen LogP contribution in [0.4, 0.5) is 20.2 Å². The maximum atomic E-state index is 13.5. The molecule has 0 atom stereocenters. The van der Waals surface area contributed by atoms with Crippen LogP contribution in [0.1, 0.15) is 0 Å². The Hall–Kier alpha value is -2.74. The van der Waals surface area contributed by atoms with Crippen LogP contribution < -0.4 is 10.1 Å². The molecule has 0 aliphatic heterocycles. The van der Waals surface area contributed by atoms with E-state index >= 15 is 0 Å². The SMILES string of the molecule is O=C(COc1ccc(F)cc1Cl)Nc1cc([N+](=O)[O-])ccc1F. The van der Waals surface area contributed by atoms with Crippen molar-refractivity contribution in [1.29, 1.82) is 0 Å². The molecule has 9 heteroatoms. The molecule has 0 saturated carbocycles. The van der Waals surface area contributed by atoms with Crippen molar-refractivity contribution in [3.63, 3.8) is 0 Å². The number of nitrogens with zero attached hydrogens (tertiary/aromatic N) is 1. The number of halogens is 3. The molecule has 1 N–H and O–H groups in total. The first-order valence-electron chi connectivity index (χ1n) is 6.18. The average Bonchev–Trinajstić information content (AvgIpc) is 2.48. The van der Waals surface area contributed by atoms with Gasteiger partial charge < -0.3 is 10.1 Å². The van der Waals surface area contributed by atoms with E-state index in [1.807, 2.05) is 0 Å². The molecular weight excluding hydrogens is 334 g/mol. The normalized spacial score (nSPS) is 10.2. The Bertz CT molecular complexity index is 770. The Balaban J connectivity index is 2.02. The molecule has 0 aliphatic rings. The first-order chi connectivity index (χ1) is 10.9. The zero-order chi connectivity index (χ0) is 17.0. The highest BCUT2D eigenvalue weighted by atomic mass is 35.5. The van der Waals surface area contributed by atoms with Crippen LogP contribution in [-0.4, -0.2) is 17.4 Å².